The Labute approximate surface area is 235 Å². The summed E-state index contributed by atoms with van der Waals surface area (Å²) < 4.78 is 0. The van der Waals surface area contributed by atoms with Crippen LogP contribution >= 0.6 is 11.3 Å². The number of H-pyrrole nitrogens is 1. The fourth-order valence-corrected chi connectivity index (χ4v) is 5.89. The van der Waals surface area contributed by atoms with Crippen LogP contribution in [0.15, 0.2) is 47.2 Å². The number of phenols is 4. The number of aryl methyl sites for hydroxylation is 2. The zero-order valence-electron chi connectivity index (χ0n) is 22.5. The van der Waals surface area contributed by atoms with Crippen LogP contribution in [-0.2, 0) is 12.8 Å². The third-order valence-corrected chi connectivity index (χ3v) is 8.12. The Kier molecular flexibility index (Phi) is 6.89. The Morgan fingerprint density at radius 1 is 0.725 bits per heavy atom. The first-order valence-corrected chi connectivity index (χ1v) is 13.7. The van der Waals surface area contributed by atoms with Gasteiger partial charge in [-0.05, 0) is 96.6 Å². The lowest BCUT2D eigenvalue weighted by Crippen LogP contribution is -2.03. The summed E-state index contributed by atoms with van der Waals surface area (Å²) in [7, 11) is 0. The zero-order chi connectivity index (χ0) is 28.9. The molecular weight excluding hydrogens is 526 g/mol. The lowest BCUT2D eigenvalue weighted by atomic mass is 9.91. The molecule has 0 radical (unpaired) electrons. The number of carbonyl (C=O) groups excluding carboxylic acids is 2. The van der Waals surface area contributed by atoms with Crippen molar-refractivity contribution < 1.29 is 30.0 Å². The summed E-state index contributed by atoms with van der Waals surface area (Å²) in [6, 6.07) is 10.9. The molecule has 2 aromatic heterocycles. The van der Waals surface area contributed by atoms with Crippen molar-refractivity contribution in [2.24, 2.45) is 0 Å². The summed E-state index contributed by atoms with van der Waals surface area (Å²) in [5.74, 6) is -1.47. The van der Waals surface area contributed by atoms with E-state index in [0.29, 0.717) is 22.4 Å². The number of benzene rings is 3. The Balaban J connectivity index is 1.75. The minimum absolute atomic E-state index is 0.0460. The first-order valence-electron chi connectivity index (χ1n) is 12.7. The molecule has 0 spiro atoms. The summed E-state index contributed by atoms with van der Waals surface area (Å²) >= 11 is 1.58. The fraction of sp³-hybridized carbons (Fsp3) is 0.188. The molecule has 0 aliphatic heterocycles. The third-order valence-electron chi connectivity index (χ3n) is 7.44. The van der Waals surface area contributed by atoms with E-state index >= 15 is 0 Å². The maximum atomic E-state index is 12.2. The average Bonchev–Trinajstić information content (AvgIpc) is 3.56. The topological polar surface area (TPSA) is 131 Å². The Bertz CT molecular complexity index is 1810. The predicted octanol–water partition coefficient (Wildman–Crippen LogP) is 6.92. The summed E-state index contributed by atoms with van der Waals surface area (Å²) in [6.45, 7) is 6.04. The van der Waals surface area contributed by atoms with Crippen LogP contribution in [0.2, 0.25) is 0 Å². The number of fused-ring (bicyclic) bond motifs is 1. The Morgan fingerprint density at radius 2 is 1.30 bits per heavy atom. The molecule has 0 unspecified atom stereocenters. The van der Waals surface area contributed by atoms with E-state index in [4.69, 9.17) is 0 Å². The van der Waals surface area contributed by atoms with E-state index in [1.54, 1.807) is 25.2 Å². The van der Waals surface area contributed by atoms with Gasteiger partial charge in [-0.2, -0.15) is 11.3 Å². The van der Waals surface area contributed by atoms with Crippen LogP contribution in [0.25, 0.3) is 22.0 Å². The van der Waals surface area contributed by atoms with Gasteiger partial charge in [-0.1, -0.05) is 6.07 Å². The first kappa shape index (κ1) is 27.0. The molecule has 0 aliphatic rings. The Morgan fingerprint density at radius 3 is 1.82 bits per heavy atom. The fourth-order valence-electron chi connectivity index (χ4n) is 5.22. The van der Waals surface area contributed by atoms with E-state index in [1.165, 1.54) is 26.0 Å². The second-order valence-electron chi connectivity index (χ2n) is 10.2. The predicted molar refractivity (Wildman–Crippen MR) is 156 cm³/mol. The van der Waals surface area contributed by atoms with Gasteiger partial charge in [0.25, 0.3) is 0 Å². The molecule has 0 amide bonds. The van der Waals surface area contributed by atoms with Gasteiger partial charge in [0.1, 0.15) is 23.0 Å². The molecule has 40 heavy (non-hydrogen) atoms. The van der Waals surface area contributed by atoms with Crippen LogP contribution in [0.3, 0.4) is 0 Å². The zero-order valence-corrected chi connectivity index (χ0v) is 23.4. The standard InChI is InChI=1S/C32H29NO6S/c1-15-9-21(17(3)34)31(38)25(29(15)36)12-24-23-11-19(20-7-8-40-14-20)5-6-27(23)33-28(24)13-26-30(37)16(2)10-22(18(4)35)32(26)39/h5-11,14,33,36-39H,12-13H2,1-4H3. The number of carbonyl (C=O) groups is 2. The van der Waals surface area contributed by atoms with Crippen LogP contribution in [0.1, 0.15) is 68.1 Å². The summed E-state index contributed by atoms with van der Waals surface area (Å²) in [6.07, 6.45) is 0.110. The molecule has 204 valence electrons. The van der Waals surface area contributed by atoms with Gasteiger partial charge < -0.3 is 25.4 Å². The van der Waals surface area contributed by atoms with E-state index in [9.17, 15) is 30.0 Å². The van der Waals surface area contributed by atoms with Gasteiger partial charge in [-0.15, -0.1) is 0 Å². The molecule has 5 N–H and O–H groups in total. The maximum Gasteiger partial charge on any atom is 0.163 e. The molecule has 3 aromatic carbocycles. The van der Waals surface area contributed by atoms with E-state index in [1.807, 2.05) is 35.0 Å². The van der Waals surface area contributed by atoms with E-state index in [0.717, 1.165) is 22.0 Å². The largest absolute Gasteiger partial charge is 0.507 e. The van der Waals surface area contributed by atoms with Crippen LogP contribution in [0, 0.1) is 13.8 Å². The monoisotopic (exact) mass is 555 g/mol. The summed E-state index contributed by atoms with van der Waals surface area (Å²) in [4.78, 5) is 27.8. The highest BCUT2D eigenvalue weighted by atomic mass is 32.1. The number of aromatic hydroxyl groups is 4. The number of thiophene rings is 1. The van der Waals surface area contributed by atoms with Gasteiger partial charge in [0.2, 0.25) is 0 Å². The van der Waals surface area contributed by atoms with Gasteiger partial charge in [0.05, 0.1) is 11.1 Å². The number of phenolic OH excluding ortho intramolecular Hbond substituents is 4. The molecule has 0 aliphatic carbocycles. The molecule has 2 heterocycles. The minimum atomic E-state index is -0.328. The van der Waals surface area contributed by atoms with Crippen molar-refractivity contribution in [1.29, 1.82) is 0 Å². The van der Waals surface area contributed by atoms with E-state index in [-0.39, 0.29) is 69.7 Å². The molecule has 0 atom stereocenters. The number of aromatic nitrogens is 1. The SMILES string of the molecule is CC(=O)c1cc(C)c(O)c(Cc2[nH]c3ccc(-c4ccsc4)cc3c2Cc2c(O)c(C)cc(C(C)=O)c2O)c1O. The van der Waals surface area contributed by atoms with E-state index < -0.39 is 0 Å². The highest BCUT2D eigenvalue weighted by Gasteiger charge is 2.24. The van der Waals surface area contributed by atoms with Crippen molar-refractivity contribution in [2.45, 2.75) is 40.5 Å². The molecule has 0 bridgehead atoms. The van der Waals surface area contributed by atoms with Crippen molar-refractivity contribution >= 4 is 33.8 Å². The number of hydrogen-bond donors (Lipinski definition) is 5. The van der Waals surface area contributed by atoms with Crippen molar-refractivity contribution in [2.75, 3.05) is 0 Å². The first-order chi connectivity index (χ1) is 19.0. The van der Waals surface area contributed by atoms with Crippen molar-refractivity contribution in [1.82, 2.24) is 4.98 Å². The second kappa shape index (κ2) is 10.2. The molecule has 5 rings (SSSR count). The number of nitrogens with one attached hydrogen (secondary N) is 1. The van der Waals surface area contributed by atoms with Gasteiger partial charge in [-0.3, -0.25) is 9.59 Å². The van der Waals surface area contributed by atoms with Crippen LogP contribution in [-0.4, -0.2) is 37.0 Å². The Hall–Kier alpha value is -4.56. The van der Waals surface area contributed by atoms with Crippen LogP contribution < -0.4 is 0 Å². The van der Waals surface area contributed by atoms with Crippen molar-refractivity contribution in [3.63, 3.8) is 0 Å². The van der Waals surface area contributed by atoms with Gasteiger partial charge in [-0.25, -0.2) is 0 Å². The minimum Gasteiger partial charge on any atom is -0.507 e. The molecule has 5 aromatic rings. The molecular formula is C32H29NO6S. The molecule has 7 nitrogen and oxygen atoms in total. The van der Waals surface area contributed by atoms with Gasteiger partial charge >= 0.3 is 0 Å². The van der Waals surface area contributed by atoms with Crippen LogP contribution in [0.4, 0.5) is 0 Å². The van der Waals surface area contributed by atoms with Gasteiger partial charge in [0, 0.05) is 40.6 Å². The van der Waals surface area contributed by atoms with E-state index in [2.05, 4.69) is 4.98 Å². The summed E-state index contributed by atoms with van der Waals surface area (Å²) in [5.41, 5.74) is 5.66. The van der Waals surface area contributed by atoms with Crippen molar-refractivity contribution in [3.8, 4) is 34.1 Å². The number of rotatable bonds is 7. The molecule has 0 saturated heterocycles. The number of ketones is 2. The normalized spacial score (nSPS) is 11.3. The third kappa shape index (κ3) is 4.60. The molecule has 0 saturated carbocycles. The van der Waals surface area contributed by atoms with Gasteiger partial charge in [0.15, 0.2) is 11.6 Å². The smallest absolute Gasteiger partial charge is 0.163 e. The number of Topliss-reactive ketones (excluding diaryl/α,β-unsaturated/α-hetero) is 2. The number of hydrogen-bond acceptors (Lipinski definition) is 7. The average molecular weight is 556 g/mol. The highest BCUT2D eigenvalue weighted by Crippen LogP contribution is 2.41. The van der Waals surface area contributed by atoms with Crippen LogP contribution in [0.5, 0.6) is 23.0 Å². The lowest BCUT2D eigenvalue weighted by Gasteiger charge is -2.16. The number of aromatic amines is 1. The quantitative estimate of drug-likeness (QED) is 0.139. The summed E-state index contributed by atoms with van der Waals surface area (Å²) in [5, 5.41) is 48.7. The molecule has 0 fully saturated rings. The molecule has 8 heteroatoms. The maximum absolute atomic E-state index is 12.2. The van der Waals surface area contributed by atoms with Crippen molar-refractivity contribution in [3.05, 3.63) is 91.8 Å². The second-order valence-corrected chi connectivity index (χ2v) is 10.9. The highest BCUT2D eigenvalue weighted by molar-refractivity contribution is 7.08. The lowest BCUT2D eigenvalue weighted by molar-refractivity contribution is 0.100.